The number of hydrogen-bond acceptors (Lipinski definition) is 2. The first-order chi connectivity index (χ1) is 9.26. The second kappa shape index (κ2) is 6.97. The Kier molecular flexibility index (Phi) is 5.86. The fourth-order valence-corrected chi connectivity index (χ4v) is 2.11. The summed E-state index contributed by atoms with van der Waals surface area (Å²) in [6, 6.07) is 0. The zero-order chi connectivity index (χ0) is 15.3. The molecule has 4 nitrogen and oxygen atoms in total. The van der Waals surface area contributed by atoms with Crippen LogP contribution in [0.3, 0.4) is 0 Å². The van der Waals surface area contributed by atoms with E-state index in [1.54, 1.807) is 0 Å². The number of H-pyrrole nitrogens is 1. The van der Waals surface area contributed by atoms with Crippen molar-refractivity contribution in [2.75, 3.05) is 0 Å². The van der Waals surface area contributed by atoms with E-state index in [0.29, 0.717) is 18.4 Å². The molecule has 0 spiro atoms. The fraction of sp³-hybridized carbons (Fsp3) is 0.667. The zero-order valence-corrected chi connectivity index (χ0v) is 11.8. The van der Waals surface area contributed by atoms with E-state index in [9.17, 15) is 22.8 Å². The van der Waals surface area contributed by atoms with Crippen molar-refractivity contribution in [3.05, 3.63) is 31.6 Å². The van der Waals surface area contributed by atoms with Gasteiger partial charge in [-0.15, -0.1) is 0 Å². The van der Waals surface area contributed by atoms with Gasteiger partial charge in [-0.1, -0.05) is 24.9 Å². The fourth-order valence-electron chi connectivity index (χ4n) is 1.85. The van der Waals surface area contributed by atoms with E-state index in [4.69, 9.17) is 11.6 Å². The molecule has 0 fully saturated rings. The quantitative estimate of drug-likeness (QED) is 0.648. The summed E-state index contributed by atoms with van der Waals surface area (Å²) in [6.45, 7) is 1.81. The predicted octanol–water partition coefficient (Wildman–Crippen LogP) is 2.88. The number of rotatable bonds is 6. The molecule has 114 valence electrons. The first-order valence-electron chi connectivity index (χ1n) is 6.34. The Morgan fingerprint density at radius 3 is 2.45 bits per heavy atom. The normalized spacial score (nSPS) is 11.8. The summed E-state index contributed by atoms with van der Waals surface area (Å²) in [5, 5.41) is 0.00777. The molecular formula is C12H16ClF3N2O2. The molecule has 0 aromatic carbocycles. The van der Waals surface area contributed by atoms with E-state index < -0.39 is 23.8 Å². The van der Waals surface area contributed by atoms with Crippen molar-refractivity contribution in [2.45, 2.75) is 51.7 Å². The van der Waals surface area contributed by atoms with E-state index in [1.165, 1.54) is 0 Å². The summed E-state index contributed by atoms with van der Waals surface area (Å²) >= 11 is 5.79. The number of unbranched alkanes of at least 4 members (excludes halogenated alkanes) is 1. The molecule has 0 bridgehead atoms. The highest BCUT2D eigenvalue weighted by Gasteiger charge is 2.25. The highest BCUT2D eigenvalue weighted by Crippen LogP contribution is 2.22. The third kappa shape index (κ3) is 4.70. The molecule has 0 saturated carbocycles. The van der Waals surface area contributed by atoms with Crippen LogP contribution in [0.5, 0.6) is 0 Å². The van der Waals surface area contributed by atoms with Gasteiger partial charge in [0, 0.05) is 13.0 Å². The Labute approximate surface area is 118 Å². The van der Waals surface area contributed by atoms with Gasteiger partial charge in [0.25, 0.3) is 5.56 Å². The minimum Gasteiger partial charge on any atom is -0.297 e. The zero-order valence-electron chi connectivity index (χ0n) is 11.0. The SMILES string of the molecule is CCCc1c(Cl)[nH]c(=O)n(CCCCC(F)(F)F)c1=O. The van der Waals surface area contributed by atoms with Crippen molar-refractivity contribution >= 4 is 11.6 Å². The Hall–Kier alpha value is -1.24. The van der Waals surface area contributed by atoms with Gasteiger partial charge in [0.15, 0.2) is 0 Å². The molecule has 0 radical (unpaired) electrons. The lowest BCUT2D eigenvalue weighted by molar-refractivity contribution is -0.135. The largest absolute Gasteiger partial charge is 0.389 e. The molecule has 0 unspecified atom stereocenters. The van der Waals surface area contributed by atoms with Gasteiger partial charge in [0.1, 0.15) is 5.15 Å². The third-order valence-electron chi connectivity index (χ3n) is 2.82. The van der Waals surface area contributed by atoms with E-state index in [2.05, 4.69) is 4.98 Å². The van der Waals surface area contributed by atoms with Gasteiger partial charge >= 0.3 is 11.9 Å². The van der Waals surface area contributed by atoms with Gasteiger partial charge in [-0.25, -0.2) is 4.79 Å². The summed E-state index contributed by atoms with van der Waals surface area (Å²) in [6.07, 6.45) is -4.07. The van der Waals surface area contributed by atoms with Crippen molar-refractivity contribution in [2.24, 2.45) is 0 Å². The highest BCUT2D eigenvalue weighted by molar-refractivity contribution is 6.30. The van der Waals surface area contributed by atoms with Crippen molar-refractivity contribution in [1.82, 2.24) is 9.55 Å². The van der Waals surface area contributed by atoms with Crippen molar-refractivity contribution in [3.63, 3.8) is 0 Å². The number of nitrogens with one attached hydrogen (secondary N) is 1. The molecule has 0 aliphatic rings. The molecule has 0 aliphatic heterocycles. The number of aromatic amines is 1. The van der Waals surface area contributed by atoms with Crippen LogP contribution in [0.15, 0.2) is 9.59 Å². The second-order valence-corrected chi connectivity index (χ2v) is 4.88. The number of hydrogen-bond donors (Lipinski definition) is 1. The van der Waals surface area contributed by atoms with Gasteiger partial charge in [0.05, 0.1) is 5.56 Å². The van der Waals surface area contributed by atoms with Crippen LogP contribution in [0.2, 0.25) is 5.15 Å². The molecule has 0 amide bonds. The van der Waals surface area contributed by atoms with Crippen LogP contribution in [-0.2, 0) is 13.0 Å². The van der Waals surface area contributed by atoms with E-state index in [1.807, 2.05) is 6.92 Å². The Bertz CT molecular complexity index is 563. The smallest absolute Gasteiger partial charge is 0.297 e. The lowest BCUT2D eigenvalue weighted by Gasteiger charge is -2.09. The summed E-state index contributed by atoms with van der Waals surface area (Å²) < 4.78 is 36.9. The minimum atomic E-state index is -4.22. The van der Waals surface area contributed by atoms with Crippen LogP contribution in [0.4, 0.5) is 13.2 Å². The Balaban J connectivity index is 2.83. The molecule has 1 aromatic rings. The molecule has 0 saturated heterocycles. The van der Waals surface area contributed by atoms with Gasteiger partial charge in [0.2, 0.25) is 0 Å². The van der Waals surface area contributed by atoms with E-state index in [0.717, 1.165) is 4.57 Å². The molecule has 8 heteroatoms. The molecule has 1 heterocycles. The van der Waals surface area contributed by atoms with Gasteiger partial charge in [-0.2, -0.15) is 13.2 Å². The maximum Gasteiger partial charge on any atom is 0.389 e. The average Bonchev–Trinajstić information content (AvgIpc) is 2.32. The van der Waals surface area contributed by atoms with Gasteiger partial charge in [-0.3, -0.25) is 14.3 Å². The summed E-state index contributed by atoms with van der Waals surface area (Å²) in [5.74, 6) is 0. The summed E-state index contributed by atoms with van der Waals surface area (Å²) in [5.41, 5.74) is -0.913. The van der Waals surface area contributed by atoms with E-state index in [-0.39, 0.29) is 24.5 Å². The predicted molar refractivity (Wildman–Crippen MR) is 70.2 cm³/mol. The molecule has 1 rings (SSSR count). The number of aromatic nitrogens is 2. The second-order valence-electron chi connectivity index (χ2n) is 4.50. The van der Waals surface area contributed by atoms with Crippen LogP contribution in [0.25, 0.3) is 0 Å². The number of nitrogens with zero attached hydrogens (tertiary/aromatic N) is 1. The first-order valence-corrected chi connectivity index (χ1v) is 6.72. The van der Waals surface area contributed by atoms with Crippen LogP contribution in [0.1, 0.15) is 38.2 Å². The lowest BCUT2D eigenvalue weighted by atomic mass is 10.2. The first kappa shape index (κ1) is 16.8. The van der Waals surface area contributed by atoms with E-state index >= 15 is 0 Å². The van der Waals surface area contributed by atoms with Crippen molar-refractivity contribution in [3.8, 4) is 0 Å². The Morgan fingerprint density at radius 1 is 1.25 bits per heavy atom. The average molecular weight is 313 g/mol. The van der Waals surface area contributed by atoms with Crippen molar-refractivity contribution in [1.29, 1.82) is 0 Å². The minimum absolute atomic E-state index is 0.00777. The molecule has 1 N–H and O–H groups in total. The summed E-state index contributed by atoms with van der Waals surface area (Å²) in [4.78, 5) is 26.0. The number of alkyl halides is 3. The molecule has 0 aliphatic carbocycles. The molecule has 0 atom stereocenters. The standard InChI is InChI=1S/C12H16ClF3N2O2/c1-2-5-8-9(13)17-11(20)18(10(8)19)7-4-3-6-12(14,15)16/h2-7H2,1H3,(H,17,20). The van der Waals surface area contributed by atoms with Crippen LogP contribution in [0, 0.1) is 0 Å². The van der Waals surface area contributed by atoms with Crippen LogP contribution >= 0.6 is 11.6 Å². The maximum absolute atomic E-state index is 12.0. The molecular weight excluding hydrogens is 297 g/mol. The highest BCUT2D eigenvalue weighted by atomic mass is 35.5. The van der Waals surface area contributed by atoms with Gasteiger partial charge < -0.3 is 0 Å². The lowest BCUT2D eigenvalue weighted by Crippen LogP contribution is -2.37. The van der Waals surface area contributed by atoms with Crippen molar-refractivity contribution < 1.29 is 13.2 Å². The van der Waals surface area contributed by atoms with Crippen LogP contribution in [-0.4, -0.2) is 15.7 Å². The Morgan fingerprint density at radius 2 is 1.90 bits per heavy atom. The third-order valence-corrected chi connectivity index (χ3v) is 3.14. The molecule has 20 heavy (non-hydrogen) atoms. The monoisotopic (exact) mass is 312 g/mol. The van der Waals surface area contributed by atoms with Gasteiger partial charge in [-0.05, 0) is 19.3 Å². The van der Waals surface area contributed by atoms with Crippen LogP contribution < -0.4 is 11.2 Å². The topological polar surface area (TPSA) is 54.9 Å². The molecule has 1 aromatic heterocycles. The summed E-state index contributed by atoms with van der Waals surface area (Å²) in [7, 11) is 0. The maximum atomic E-state index is 12.0. The number of halogens is 4.